The van der Waals surface area contributed by atoms with Gasteiger partial charge in [-0.25, -0.2) is 4.79 Å². The molecule has 30 heavy (non-hydrogen) atoms. The third-order valence-electron chi connectivity index (χ3n) is 4.79. The maximum Gasteiger partial charge on any atom is 0.344 e. The Balaban J connectivity index is 1.50. The van der Waals surface area contributed by atoms with E-state index in [1.165, 1.54) is 0 Å². The number of esters is 1. The lowest BCUT2D eigenvalue weighted by Gasteiger charge is -2.12. The first-order valence-corrected chi connectivity index (χ1v) is 9.79. The van der Waals surface area contributed by atoms with Gasteiger partial charge in [0.05, 0.1) is 0 Å². The van der Waals surface area contributed by atoms with Crippen molar-refractivity contribution in [1.29, 1.82) is 0 Å². The number of hydrogen-bond donors (Lipinski definition) is 1. The number of ether oxygens (including phenoxy) is 2. The van der Waals surface area contributed by atoms with Gasteiger partial charge in [-0.15, -0.1) is 0 Å². The summed E-state index contributed by atoms with van der Waals surface area (Å²) in [5.74, 6) is -0.356. The Morgan fingerprint density at radius 3 is 2.37 bits per heavy atom. The molecule has 0 saturated heterocycles. The maximum atomic E-state index is 12.3. The van der Waals surface area contributed by atoms with Gasteiger partial charge >= 0.3 is 5.97 Å². The fourth-order valence-corrected chi connectivity index (χ4v) is 3.00. The molecule has 0 aliphatic rings. The summed E-state index contributed by atoms with van der Waals surface area (Å²) < 4.78 is 10.6. The van der Waals surface area contributed by atoms with Crippen molar-refractivity contribution in [3.05, 3.63) is 95.1 Å². The van der Waals surface area contributed by atoms with E-state index >= 15 is 0 Å². The minimum Gasteiger partial charge on any atom is -0.482 e. The zero-order valence-corrected chi connectivity index (χ0v) is 17.2. The summed E-state index contributed by atoms with van der Waals surface area (Å²) in [5.41, 5.74) is 4.89. The van der Waals surface area contributed by atoms with Gasteiger partial charge in [-0.1, -0.05) is 60.7 Å². The van der Waals surface area contributed by atoms with Crippen molar-refractivity contribution in [2.24, 2.45) is 0 Å². The average Bonchev–Trinajstić information content (AvgIpc) is 2.75. The number of para-hydroxylation sites is 1. The smallest absolute Gasteiger partial charge is 0.344 e. The molecule has 0 bridgehead atoms. The summed E-state index contributed by atoms with van der Waals surface area (Å²) in [5, 5.41) is 2.82. The van der Waals surface area contributed by atoms with Gasteiger partial charge < -0.3 is 14.8 Å². The van der Waals surface area contributed by atoms with Crippen LogP contribution >= 0.6 is 0 Å². The zero-order valence-electron chi connectivity index (χ0n) is 17.2. The number of anilines is 1. The number of hydrogen-bond acceptors (Lipinski definition) is 4. The highest BCUT2D eigenvalue weighted by Gasteiger charge is 2.12. The molecule has 0 unspecified atom stereocenters. The van der Waals surface area contributed by atoms with Crippen molar-refractivity contribution < 1.29 is 19.1 Å². The second kappa shape index (κ2) is 10.3. The normalized spacial score (nSPS) is 10.3. The molecule has 0 fully saturated rings. The molecule has 0 radical (unpaired) electrons. The van der Waals surface area contributed by atoms with Crippen LogP contribution in [-0.4, -0.2) is 25.1 Å². The standard InChI is InChI=1S/C25H25NO4/c1-18-9-8-14-23(19(18)2)29-17-25(28)30-16-24(27)26-22-13-7-6-12-21(22)15-20-10-4-3-5-11-20/h3-14H,15-17H2,1-2H3,(H,26,27). The number of nitrogens with one attached hydrogen (secondary N) is 1. The van der Waals surface area contributed by atoms with Crippen LogP contribution in [0.1, 0.15) is 22.3 Å². The predicted octanol–water partition coefficient (Wildman–Crippen LogP) is 4.45. The molecule has 0 heterocycles. The summed E-state index contributed by atoms with van der Waals surface area (Å²) >= 11 is 0. The Hall–Kier alpha value is -3.60. The lowest BCUT2D eigenvalue weighted by molar-refractivity contribution is -0.149. The highest BCUT2D eigenvalue weighted by atomic mass is 16.6. The van der Waals surface area contributed by atoms with Crippen molar-refractivity contribution in [2.45, 2.75) is 20.3 Å². The molecule has 3 aromatic rings. The van der Waals surface area contributed by atoms with E-state index in [0.717, 1.165) is 22.3 Å². The summed E-state index contributed by atoms with van der Waals surface area (Å²) in [6, 6.07) is 23.2. The Morgan fingerprint density at radius 2 is 1.57 bits per heavy atom. The molecular weight excluding hydrogens is 378 g/mol. The van der Waals surface area contributed by atoms with E-state index in [1.807, 2.05) is 80.6 Å². The largest absolute Gasteiger partial charge is 0.482 e. The highest BCUT2D eigenvalue weighted by molar-refractivity contribution is 5.93. The molecule has 0 aliphatic heterocycles. The van der Waals surface area contributed by atoms with Gasteiger partial charge in [0.1, 0.15) is 5.75 Å². The van der Waals surface area contributed by atoms with Crippen molar-refractivity contribution >= 4 is 17.6 Å². The van der Waals surface area contributed by atoms with E-state index in [2.05, 4.69) is 5.32 Å². The van der Waals surface area contributed by atoms with Crippen molar-refractivity contribution in [3.63, 3.8) is 0 Å². The van der Waals surface area contributed by atoms with Crippen LogP contribution in [0.2, 0.25) is 0 Å². The summed E-state index contributed by atoms with van der Waals surface area (Å²) in [6.07, 6.45) is 0.695. The summed E-state index contributed by atoms with van der Waals surface area (Å²) in [6.45, 7) is 3.29. The van der Waals surface area contributed by atoms with Gasteiger partial charge in [0.25, 0.3) is 5.91 Å². The number of carbonyl (C=O) groups excluding carboxylic acids is 2. The van der Waals surface area contributed by atoms with E-state index in [-0.39, 0.29) is 13.2 Å². The molecule has 0 saturated carbocycles. The molecule has 5 heteroatoms. The minimum absolute atomic E-state index is 0.248. The molecule has 0 aromatic heterocycles. The molecule has 154 valence electrons. The number of carbonyl (C=O) groups is 2. The Kier molecular flexibility index (Phi) is 7.22. The van der Waals surface area contributed by atoms with E-state index in [0.29, 0.717) is 17.9 Å². The lowest BCUT2D eigenvalue weighted by Crippen LogP contribution is -2.24. The fraction of sp³-hybridized carbons (Fsp3) is 0.200. The van der Waals surface area contributed by atoms with Crippen LogP contribution in [0, 0.1) is 13.8 Å². The molecule has 1 N–H and O–H groups in total. The third-order valence-corrected chi connectivity index (χ3v) is 4.79. The Morgan fingerprint density at radius 1 is 0.833 bits per heavy atom. The lowest BCUT2D eigenvalue weighted by atomic mass is 10.0. The fourth-order valence-electron chi connectivity index (χ4n) is 3.00. The topological polar surface area (TPSA) is 64.6 Å². The molecule has 3 aromatic carbocycles. The minimum atomic E-state index is -0.594. The molecule has 0 atom stereocenters. The molecular formula is C25H25NO4. The van der Waals surface area contributed by atoms with Gasteiger partial charge in [-0.2, -0.15) is 0 Å². The number of rotatable bonds is 8. The van der Waals surface area contributed by atoms with E-state index in [1.54, 1.807) is 6.07 Å². The molecule has 1 amide bonds. The summed E-state index contributed by atoms with van der Waals surface area (Å²) in [7, 11) is 0. The molecule has 5 nitrogen and oxygen atoms in total. The Bertz CT molecular complexity index is 1010. The van der Waals surface area contributed by atoms with Gasteiger partial charge in [0.2, 0.25) is 0 Å². The first-order chi connectivity index (χ1) is 14.5. The van der Waals surface area contributed by atoms with Crippen LogP contribution < -0.4 is 10.1 Å². The monoisotopic (exact) mass is 403 g/mol. The second-order valence-electron chi connectivity index (χ2n) is 7.02. The van der Waals surface area contributed by atoms with Crippen molar-refractivity contribution in [2.75, 3.05) is 18.5 Å². The Labute approximate surface area is 176 Å². The van der Waals surface area contributed by atoms with Gasteiger partial charge in [-0.3, -0.25) is 4.79 Å². The van der Waals surface area contributed by atoms with Crippen LogP contribution in [0.5, 0.6) is 5.75 Å². The maximum absolute atomic E-state index is 12.3. The van der Waals surface area contributed by atoms with Crippen LogP contribution in [-0.2, 0) is 20.7 Å². The average molecular weight is 403 g/mol. The first-order valence-electron chi connectivity index (χ1n) is 9.79. The quantitative estimate of drug-likeness (QED) is 0.564. The molecule has 0 spiro atoms. The highest BCUT2D eigenvalue weighted by Crippen LogP contribution is 2.21. The molecule has 3 rings (SSSR count). The van der Waals surface area contributed by atoms with E-state index in [4.69, 9.17) is 9.47 Å². The predicted molar refractivity (Wildman–Crippen MR) is 117 cm³/mol. The first kappa shape index (κ1) is 21.1. The van der Waals surface area contributed by atoms with E-state index in [9.17, 15) is 9.59 Å². The van der Waals surface area contributed by atoms with Gasteiger partial charge in [0, 0.05) is 5.69 Å². The summed E-state index contributed by atoms with van der Waals surface area (Å²) in [4.78, 5) is 24.2. The zero-order chi connectivity index (χ0) is 21.3. The van der Waals surface area contributed by atoms with Crippen molar-refractivity contribution in [1.82, 2.24) is 0 Å². The van der Waals surface area contributed by atoms with Gasteiger partial charge in [-0.05, 0) is 54.7 Å². The third kappa shape index (κ3) is 5.95. The van der Waals surface area contributed by atoms with Crippen LogP contribution in [0.4, 0.5) is 5.69 Å². The number of aryl methyl sites for hydroxylation is 1. The second-order valence-corrected chi connectivity index (χ2v) is 7.02. The van der Waals surface area contributed by atoms with Crippen LogP contribution in [0.15, 0.2) is 72.8 Å². The van der Waals surface area contributed by atoms with E-state index < -0.39 is 11.9 Å². The number of amides is 1. The van der Waals surface area contributed by atoms with Crippen LogP contribution in [0.3, 0.4) is 0 Å². The number of benzene rings is 3. The van der Waals surface area contributed by atoms with Crippen LogP contribution in [0.25, 0.3) is 0 Å². The molecule has 0 aliphatic carbocycles. The van der Waals surface area contributed by atoms with Gasteiger partial charge in [0.15, 0.2) is 13.2 Å². The van der Waals surface area contributed by atoms with Crippen molar-refractivity contribution in [3.8, 4) is 5.75 Å². The SMILES string of the molecule is Cc1cccc(OCC(=O)OCC(=O)Nc2ccccc2Cc2ccccc2)c1C.